The number of nitrogens with zero attached hydrogens (tertiary/aromatic N) is 3. The number of hydrogen-bond acceptors (Lipinski definition) is 3. The predicted octanol–water partition coefficient (Wildman–Crippen LogP) is 3.85. The van der Waals surface area contributed by atoms with E-state index in [2.05, 4.69) is 21.2 Å². The third-order valence-corrected chi connectivity index (χ3v) is 5.17. The topological polar surface area (TPSA) is 66.7 Å². The monoisotopic (exact) mass is 384 g/mol. The van der Waals surface area contributed by atoms with Gasteiger partial charge in [0.25, 0.3) is 0 Å². The van der Waals surface area contributed by atoms with Gasteiger partial charge in [-0.3, -0.25) is 9.59 Å². The van der Waals surface area contributed by atoms with Crippen molar-refractivity contribution in [3.63, 3.8) is 0 Å². The van der Waals surface area contributed by atoms with Gasteiger partial charge in [0.1, 0.15) is 5.82 Å². The van der Waals surface area contributed by atoms with E-state index < -0.39 is 0 Å². The number of rotatable bonds is 3. The molecule has 29 heavy (non-hydrogen) atoms. The first kappa shape index (κ1) is 18.6. The maximum absolute atomic E-state index is 12.5. The maximum Gasteiger partial charge on any atom is 0.246 e. The number of hydrogen-bond donors (Lipinski definition) is 1. The van der Waals surface area contributed by atoms with Crippen LogP contribution in [0.2, 0.25) is 0 Å². The number of nitrogens with one attached hydrogen (secondary N) is 1. The first-order chi connectivity index (χ1) is 14.1. The standard InChI is InChI=1S/C23H20N4O2/c1-24-20-6-3-17(4-7-20)18-10-12-27(13-11-18)22(29)9-2-16-14-19-5-8-21(28)26-23(19)25-15-16/h2-4,6-7,9-10,14-15H,5,8,11-13H2,(H,25,26,28)/b9-2+. The van der Waals surface area contributed by atoms with Crippen molar-refractivity contribution in [2.24, 2.45) is 0 Å². The lowest BCUT2D eigenvalue weighted by molar-refractivity contribution is -0.125. The quantitative estimate of drug-likeness (QED) is 0.646. The van der Waals surface area contributed by atoms with Crippen LogP contribution in [0.3, 0.4) is 0 Å². The Balaban J connectivity index is 1.39. The summed E-state index contributed by atoms with van der Waals surface area (Å²) < 4.78 is 0. The van der Waals surface area contributed by atoms with Crippen molar-refractivity contribution in [2.75, 3.05) is 18.4 Å². The van der Waals surface area contributed by atoms with E-state index in [9.17, 15) is 9.59 Å². The molecule has 3 heterocycles. The van der Waals surface area contributed by atoms with E-state index in [-0.39, 0.29) is 11.8 Å². The van der Waals surface area contributed by atoms with Crippen LogP contribution in [0.4, 0.5) is 11.5 Å². The molecule has 2 aromatic rings. The molecule has 0 fully saturated rings. The molecule has 1 N–H and O–H groups in total. The van der Waals surface area contributed by atoms with Gasteiger partial charge < -0.3 is 10.2 Å². The van der Waals surface area contributed by atoms with E-state index in [4.69, 9.17) is 6.57 Å². The van der Waals surface area contributed by atoms with Crippen molar-refractivity contribution >= 4 is 35.0 Å². The predicted molar refractivity (Wildman–Crippen MR) is 112 cm³/mol. The summed E-state index contributed by atoms with van der Waals surface area (Å²) in [5.41, 5.74) is 4.78. The molecule has 6 nitrogen and oxygen atoms in total. The fraction of sp³-hybridized carbons (Fsp3) is 0.217. The molecule has 0 saturated heterocycles. The summed E-state index contributed by atoms with van der Waals surface area (Å²) in [6.45, 7) is 8.25. The number of fused-ring (bicyclic) bond motifs is 1. The zero-order valence-electron chi connectivity index (χ0n) is 15.9. The first-order valence-electron chi connectivity index (χ1n) is 9.55. The van der Waals surface area contributed by atoms with E-state index in [0.29, 0.717) is 37.4 Å². The van der Waals surface area contributed by atoms with Crippen LogP contribution in [0.1, 0.15) is 29.5 Å². The molecule has 0 spiro atoms. The van der Waals surface area contributed by atoms with Gasteiger partial charge in [-0.1, -0.05) is 30.3 Å². The largest absolute Gasteiger partial charge is 0.335 e. The van der Waals surface area contributed by atoms with Gasteiger partial charge in [0.15, 0.2) is 5.69 Å². The Kier molecular flexibility index (Phi) is 5.21. The highest BCUT2D eigenvalue weighted by atomic mass is 16.2. The number of amides is 2. The number of aromatic nitrogens is 1. The summed E-state index contributed by atoms with van der Waals surface area (Å²) in [5.74, 6) is 0.570. The second-order valence-electron chi connectivity index (χ2n) is 7.08. The van der Waals surface area contributed by atoms with Crippen LogP contribution in [0.5, 0.6) is 0 Å². The van der Waals surface area contributed by atoms with E-state index in [1.165, 1.54) is 5.57 Å². The second-order valence-corrected chi connectivity index (χ2v) is 7.08. The van der Waals surface area contributed by atoms with Crippen LogP contribution in [0.15, 0.2) is 48.7 Å². The van der Waals surface area contributed by atoms with Crippen molar-refractivity contribution in [1.29, 1.82) is 0 Å². The van der Waals surface area contributed by atoms with Crippen molar-refractivity contribution in [3.05, 3.63) is 76.8 Å². The summed E-state index contributed by atoms with van der Waals surface area (Å²) in [5, 5.41) is 2.76. The zero-order chi connectivity index (χ0) is 20.2. The van der Waals surface area contributed by atoms with Gasteiger partial charge in [-0.15, -0.1) is 0 Å². The zero-order valence-corrected chi connectivity index (χ0v) is 15.9. The third kappa shape index (κ3) is 4.25. The van der Waals surface area contributed by atoms with Crippen molar-refractivity contribution in [1.82, 2.24) is 9.88 Å². The number of carbonyl (C=O) groups excluding carboxylic acids is 2. The van der Waals surface area contributed by atoms with Crippen LogP contribution in [-0.2, 0) is 16.0 Å². The van der Waals surface area contributed by atoms with E-state index in [1.54, 1.807) is 23.2 Å². The lowest BCUT2D eigenvalue weighted by Gasteiger charge is -2.25. The molecule has 0 saturated carbocycles. The van der Waals surface area contributed by atoms with Gasteiger partial charge in [0.2, 0.25) is 11.8 Å². The minimum absolute atomic E-state index is 0.0108. The molecule has 2 aliphatic heterocycles. The van der Waals surface area contributed by atoms with E-state index in [1.807, 2.05) is 30.3 Å². The van der Waals surface area contributed by atoms with Gasteiger partial charge in [0.05, 0.1) is 6.57 Å². The number of aryl methyl sites for hydroxylation is 1. The van der Waals surface area contributed by atoms with E-state index in [0.717, 1.165) is 23.1 Å². The van der Waals surface area contributed by atoms with Crippen LogP contribution < -0.4 is 5.32 Å². The van der Waals surface area contributed by atoms with Gasteiger partial charge in [-0.25, -0.2) is 9.83 Å². The lowest BCUT2D eigenvalue weighted by Crippen LogP contribution is -2.33. The lowest BCUT2D eigenvalue weighted by atomic mass is 9.99. The van der Waals surface area contributed by atoms with Crippen LogP contribution in [0.25, 0.3) is 16.5 Å². The normalized spacial score (nSPS) is 16.0. The molecule has 2 aliphatic rings. The van der Waals surface area contributed by atoms with Gasteiger partial charge >= 0.3 is 0 Å². The molecular weight excluding hydrogens is 364 g/mol. The Morgan fingerprint density at radius 2 is 2.03 bits per heavy atom. The molecule has 2 amide bonds. The average Bonchev–Trinajstić information content (AvgIpc) is 2.77. The highest BCUT2D eigenvalue weighted by Gasteiger charge is 2.17. The summed E-state index contributed by atoms with van der Waals surface area (Å²) in [6.07, 6.45) is 9.00. The third-order valence-electron chi connectivity index (χ3n) is 5.17. The Morgan fingerprint density at radius 1 is 1.21 bits per heavy atom. The van der Waals surface area contributed by atoms with Crippen LogP contribution in [-0.4, -0.2) is 34.8 Å². The average molecular weight is 384 g/mol. The molecule has 1 aromatic carbocycles. The molecule has 0 unspecified atom stereocenters. The highest BCUT2D eigenvalue weighted by Crippen LogP contribution is 2.25. The molecule has 6 heteroatoms. The first-order valence-corrected chi connectivity index (χ1v) is 9.55. The molecule has 4 rings (SSSR count). The Hall–Kier alpha value is -3.72. The Morgan fingerprint density at radius 3 is 2.76 bits per heavy atom. The SMILES string of the molecule is [C-]#[N+]c1ccc(C2=CCN(C(=O)/C=C/c3cnc4c(c3)CCC(=O)N4)CC2)cc1. The molecule has 1 aromatic heterocycles. The van der Waals surface area contributed by atoms with Gasteiger partial charge in [-0.05, 0) is 47.2 Å². The maximum atomic E-state index is 12.5. The molecule has 0 bridgehead atoms. The van der Waals surface area contributed by atoms with Crippen molar-refractivity contribution < 1.29 is 9.59 Å². The molecule has 0 radical (unpaired) electrons. The minimum Gasteiger partial charge on any atom is -0.335 e. The summed E-state index contributed by atoms with van der Waals surface area (Å²) in [7, 11) is 0. The molecule has 0 atom stereocenters. The smallest absolute Gasteiger partial charge is 0.246 e. The summed E-state index contributed by atoms with van der Waals surface area (Å²) in [6, 6.07) is 9.53. The van der Waals surface area contributed by atoms with Crippen molar-refractivity contribution in [2.45, 2.75) is 19.3 Å². The molecular formula is C23H20N4O2. The molecule has 144 valence electrons. The number of carbonyl (C=O) groups is 2. The summed E-state index contributed by atoms with van der Waals surface area (Å²) >= 11 is 0. The fourth-order valence-electron chi connectivity index (χ4n) is 3.52. The number of benzene rings is 1. The molecule has 0 aliphatic carbocycles. The summed E-state index contributed by atoms with van der Waals surface area (Å²) in [4.78, 5) is 33.4. The fourth-order valence-corrected chi connectivity index (χ4v) is 3.52. The van der Waals surface area contributed by atoms with Gasteiger partial charge in [-0.2, -0.15) is 0 Å². The van der Waals surface area contributed by atoms with Gasteiger partial charge in [0, 0.05) is 31.8 Å². The number of anilines is 1. The van der Waals surface area contributed by atoms with Crippen molar-refractivity contribution in [3.8, 4) is 0 Å². The second kappa shape index (κ2) is 8.11. The highest BCUT2D eigenvalue weighted by molar-refractivity contribution is 5.94. The Bertz CT molecular complexity index is 1060. The van der Waals surface area contributed by atoms with Crippen LogP contribution >= 0.6 is 0 Å². The number of pyridine rings is 1. The Labute approximate surface area is 169 Å². The minimum atomic E-state index is -0.0327. The van der Waals surface area contributed by atoms with Crippen LogP contribution in [0, 0.1) is 6.57 Å². The van der Waals surface area contributed by atoms with E-state index >= 15 is 0 Å².